The predicted molar refractivity (Wildman–Crippen MR) is 137 cm³/mol. The first-order chi connectivity index (χ1) is 18.3. The van der Waals surface area contributed by atoms with E-state index in [1.165, 1.54) is 30.6 Å². The summed E-state index contributed by atoms with van der Waals surface area (Å²) < 4.78 is 78.7. The Morgan fingerprint density at radius 1 is 1.00 bits per heavy atom. The van der Waals surface area contributed by atoms with Gasteiger partial charge < -0.3 is 19.5 Å². The zero-order valence-corrected chi connectivity index (χ0v) is 19.9. The van der Waals surface area contributed by atoms with E-state index in [1.54, 1.807) is 6.92 Å². The third-order valence-corrected chi connectivity index (χ3v) is 6.32. The third kappa shape index (κ3) is 5.27. The normalized spacial score (nSPS) is 11.8. The van der Waals surface area contributed by atoms with Crippen molar-refractivity contribution in [3.8, 4) is 22.9 Å². The van der Waals surface area contributed by atoms with Crippen molar-refractivity contribution in [2.24, 2.45) is 0 Å². The van der Waals surface area contributed by atoms with E-state index >= 15 is 4.39 Å². The summed E-state index contributed by atoms with van der Waals surface area (Å²) >= 11 is 0. The molecule has 1 atom stereocenters. The van der Waals surface area contributed by atoms with Crippen molar-refractivity contribution in [3.63, 3.8) is 0 Å². The average Bonchev–Trinajstić information content (AvgIpc) is 3.57. The van der Waals surface area contributed by atoms with Crippen LogP contribution in [-0.2, 0) is 11.2 Å². The molecule has 0 fully saturated rings. The second kappa shape index (κ2) is 11.1. The van der Waals surface area contributed by atoms with E-state index in [-0.39, 0.29) is 59.4 Å². The number of carbonyl (C=O) groups is 1. The monoisotopic (exact) mass is 541 g/mol. The quantitative estimate of drug-likeness (QED) is 0.155. The first kappa shape index (κ1) is 27.6. The number of nitrogens with zero attached hydrogens (tertiary/aromatic N) is 1. The van der Waals surface area contributed by atoms with Crippen molar-refractivity contribution >= 4 is 17.2 Å². The van der Waals surface area contributed by atoms with E-state index < -0.39 is 40.8 Å². The van der Waals surface area contributed by atoms with E-state index in [9.17, 15) is 22.4 Å². The van der Waals surface area contributed by atoms with Gasteiger partial charge in [0.15, 0.2) is 17.4 Å². The Morgan fingerprint density at radius 3 is 2.56 bits per heavy atom. The molecular weight excluding hydrogens is 517 g/mol. The van der Waals surface area contributed by atoms with Gasteiger partial charge in [-0.25, -0.2) is 26.9 Å². The Hall–Kier alpha value is -4.47. The second-order valence-electron chi connectivity index (χ2n) is 8.77. The molecule has 0 aliphatic heterocycles. The first-order valence-corrected chi connectivity index (χ1v) is 11.7. The van der Waals surface area contributed by atoms with Gasteiger partial charge in [0.05, 0.1) is 11.1 Å². The molecule has 0 aliphatic carbocycles. The lowest BCUT2D eigenvalue weighted by molar-refractivity contribution is -0.107. The fraction of sp³-hybridized carbons (Fsp3) is 0.172. The molecule has 5 aromatic rings. The highest BCUT2D eigenvalue weighted by atomic mass is 19.1. The van der Waals surface area contributed by atoms with E-state index in [4.69, 9.17) is 4.74 Å². The number of aryl methyl sites for hydroxylation is 1. The van der Waals surface area contributed by atoms with Crippen LogP contribution in [-0.4, -0.2) is 21.2 Å². The van der Waals surface area contributed by atoms with Crippen molar-refractivity contribution in [1.29, 1.82) is 0 Å². The Bertz CT molecular complexity index is 1660. The molecule has 0 saturated heterocycles. The summed E-state index contributed by atoms with van der Waals surface area (Å²) in [7, 11) is 0. The molecule has 0 amide bonds. The zero-order valence-electron chi connectivity index (χ0n) is 19.9. The molecule has 0 bridgehead atoms. The summed E-state index contributed by atoms with van der Waals surface area (Å²) in [6, 6.07) is 8.14. The number of imidazole rings is 1. The number of rotatable bonds is 8. The van der Waals surface area contributed by atoms with Gasteiger partial charge in [-0.1, -0.05) is 14.4 Å². The highest BCUT2D eigenvalue weighted by molar-refractivity contribution is 5.82. The minimum Gasteiger partial charge on any atom is -0.451 e. The van der Waals surface area contributed by atoms with Gasteiger partial charge in [0, 0.05) is 41.9 Å². The number of ether oxygens (including phenoxy) is 1. The number of aromatic nitrogens is 3. The fourth-order valence-electron chi connectivity index (χ4n) is 4.31. The number of aldehydes is 1. The van der Waals surface area contributed by atoms with Crippen LogP contribution in [0.25, 0.3) is 22.3 Å². The minimum atomic E-state index is -0.943. The SMILES string of the molecule is C.CC(c1cnc(-c2cc(Oc3c(F)cc4[nH]ccc4c3F)ccc2F)[nH]1)c1cc(F)cc(CCC=O)c1F. The lowest BCUT2D eigenvalue weighted by atomic mass is 9.94. The highest BCUT2D eigenvalue weighted by Gasteiger charge is 2.22. The molecule has 0 spiro atoms. The van der Waals surface area contributed by atoms with Crippen LogP contribution in [0.5, 0.6) is 11.5 Å². The van der Waals surface area contributed by atoms with Crippen LogP contribution < -0.4 is 4.74 Å². The molecule has 1 unspecified atom stereocenters. The molecule has 2 N–H and O–H groups in total. The standard InChI is InChI=1S/C28H20F5N3O2.CH4/c1-14(19-10-16(29)9-15(25(19)32)3-2-8-37)24-13-35-28(36-24)20-11-17(4-5-21(20)30)38-27-22(31)12-23-18(26(27)33)6-7-34-23;/h4-14,34H,2-3H2,1H3,(H,35,36);1H4. The number of benzene rings is 3. The first-order valence-electron chi connectivity index (χ1n) is 11.7. The molecular formula is C29H24F5N3O2. The zero-order chi connectivity index (χ0) is 27.0. The predicted octanol–water partition coefficient (Wildman–Crippen LogP) is 7.97. The van der Waals surface area contributed by atoms with Gasteiger partial charge in [-0.15, -0.1) is 0 Å². The van der Waals surface area contributed by atoms with E-state index in [0.717, 1.165) is 24.3 Å². The lowest BCUT2D eigenvalue weighted by Crippen LogP contribution is -2.05. The maximum absolute atomic E-state index is 15.1. The van der Waals surface area contributed by atoms with Crippen molar-refractivity contribution in [3.05, 3.63) is 101 Å². The Labute approximate surface area is 220 Å². The van der Waals surface area contributed by atoms with Crippen LogP contribution in [0.3, 0.4) is 0 Å². The topological polar surface area (TPSA) is 70.8 Å². The molecule has 0 radical (unpaired) electrons. The molecule has 0 aliphatic rings. The maximum Gasteiger partial charge on any atom is 0.199 e. The summed E-state index contributed by atoms with van der Waals surface area (Å²) in [6.07, 6.45) is 3.55. The van der Waals surface area contributed by atoms with Crippen molar-refractivity contribution < 1.29 is 31.5 Å². The maximum atomic E-state index is 15.1. The van der Waals surface area contributed by atoms with E-state index in [0.29, 0.717) is 12.0 Å². The molecule has 39 heavy (non-hydrogen) atoms. The third-order valence-electron chi connectivity index (χ3n) is 6.32. The fourth-order valence-corrected chi connectivity index (χ4v) is 4.31. The number of hydrogen-bond acceptors (Lipinski definition) is 3. The number of nitrogens with one attached hydrogen (secondary N) is 2. The van der Waals surface area contributed by atoms with Gasteiger partial charge >= 0.3 is 0 Å². The summed E-state index contributed by atoms with van der Waals surface area (Å²) in [5.41, 5.74) is 0.689. The molecule has 2 aromatic heterocycles. The summed E-state index contributed by atoms with van der Waals surface area (Å²) in [5, 5.41) is 0.132. The molecule has 3 aromatic carbocycles. The van der Waals surface area contributed by atoms with Crippen LogP contribution in [0.2, 0.25) is 0 Å². The number of fused-ring (bicyclic) bond motifs is 1. The van der Waals surface area contributed by atoms with E-state index in [1.807, 2.05) is 0 Å². The molecule has 10 heteroatoms. The molecule has 5 nitrogen and oxygen atoms in total. The van der Waals surface area contributed by atoms with Crippen molar-refractivity contribution in [2.45, 2.75) is 33.1 Å². The highest BCUT2D eigenvalue weighted by Crippen LogP contribution is 2.35. The van der Waals surface area contributed by atoms with Crippen LogP contribution in [0.15, 0.2) is 54.9 Å². The lowest BCUT2D eigenvalue weighted by Gasteiger charge is -2.14. The Morgan fingerprint density at radius 2 is 1.79 bits per heavy atom. The van der Waals surface area contributed by atoms with Crippen LogP contribution in [0, 0.1) is 29.1 Å². The Kier molecular flexibility index (Phi) is 7.85. The summed E-state index contributed by atoms with van der Waals surface area (Å²) in [4.78, 5) is 20.5. The van der Waals surface area contributed by atoms with E-state index in [2.05, 4.69) is 15.0 Å². The molecule has 2 heterocycles. The van der Waals surface area contributed by atoms with Gasteiger partial charge in [0.25, 0.3) is 0 Å². The smallest absolute Gasteiger partial charge is 0.199 e. The van der Waals surface area contributed by atoms with Crippen LogP contribution in [0.1, 0.15) is 43.5 Å². The van der Waals surface area contributed by atoms with Crippen LogP contribution >= 0.6 is 0 Å². The minimum absolute atomic E-state index is 0. The van der Waals surface area contributed by atoms with Gasteiger partial charge in [0.1, 0.15) is 35.3 Å². The number of H-pyrrole nitrogens is 2. The average molecular weight is 542 g/mol. The number of hydrogen-bond donors (Lipinski definition) is 2. The van der Waals surface area contributed by atoms with Crippen molar-refractivity contribution in [2.75, 3.05) is 0 Å². The largest absolute Gasteiger partial charge is 0.451 e. The molecule has 202 valence electrons. The summed E-state index contributed by atoms with van der Waals surface area (Å²) in [5.74, 6) is -5.17. The number of carbonyl (C=O) groups excluding carboxylic acids is 1. The van der Waals surface area contributed by atoms with Gasteiger partial charge in [-0.3, -0.25) is 0 Å². The summed E-state index contributed by atoms with van der Waals surface area (Å²) in [6.45, 7) is 1.62. The van der Waals surface area contributed by atoms with Gasteiger partial charge in [0.2, 0.25) is 0 Å². The second-order valence-corrected chi connectivity index (χ2v) is 8.77. The van der Waals surface area contributed by atoms with Gasteiger partial charge in [-0.2, -0.15) is 0 Å². The van der Waals surface area contributed by atoms with Gasteiger partial charge in [-0.05, 0) is 53.9 Å². The Balaban J connectivity index is 0.00000353. The van der Waals surface area contributed by atoms with Crippen molar-refractivity contribution in [1.82, 2.24) is 15.0 Å². The number of aromatic amines is 2. The van der Waals surface area contributed by atoms with Crippen LogP contribution in [0.4, 0.5) is 22.0 Å². The number of halogens is 5. The molecule has 0 saturated carbocycles. The molecule has 5 rings (SSSR count).